The molecule has 1 aliphatic heterocycles. The Kier molecular flexibility index (Phi) is 5.41. The maximum atomic E-state index is 13.3. The molecule has 1 spiro atoms. The van der Waals surface area contributed by atoms with Gasteiger partial charge < -0.3 is 0 Å². The second-order valence-corrected chi connectivity index (χ2v) is 10.8. The molecule has 3 rings (SSSR count). The lowest BCUT2D eigenvalue weighted by Crippen LogP contribution is -2.39. The van der Waals surface area contributed by atoms with Gasteiger partial charge in [-0.15, -0.1) is 47.6 Å². The zero-order valence-corrected chi connectivity index (χ0v) is 17.5. The number of thioether (sulfide) groups is 3. The normalized spacial score (nSPS) is 36.9. The molecule has 2 nitrogen and oxygen atoms in total. The summed E-state index contributed by atoms with van der Waals surface area (Å²) < 4.78 is 0.953. The molecule has 132 valence electrons. The first-order valence-electron chi connectivity index (χ1n) is 8.66. The van der Waals surface area contributed by atoms with E-state index in [9.17, 15) is 4.79 Å². The Morgan fingerprint density at radius 3 is 2.71 bits per heavy atom. The fourth-order valence-electron chi connectivity index (χ4n) is 5.37. The summed E-state index contributed by atoms with van der Waals surface area (Å²) >= 11 is 5.09. The zero-order valence-electron chi connectivity index (χ0n) is 15.0. The molecule has 5 heteroatoms. The van der Waals surface area contributed by atoms with E-state index in [1.807, 2.05) is 24.3 Å². The van der Waals surface area contributed by atoms with Gasteiger partial charge in [-0.1, -0.05) is 13.8 Å². The van der Waals surface area contributed by atoms with Crippen LogP contribution in [-0.2, 0) is 4.79 Å². The van der Waals surface area contributed by atoms with E-state index in [1.54, 1.807) is 23.5 Å². The van der Waals surface area contributed by atoms with Crippen molar-refractivity contribution in [3.05, 3.63) is 0 Å². The highest BCUT2D eigenvalue weighted by Gasteiger charge is 2.68. The molecule has 1 unspecified atom stereocenters. The van der Waals surface area contributed by atoms with Gasteiger partial charge in [0.15, 0.2) is 5.78 Å². The smallest absolute Gasteiger partial charge is 0.171 e. The van der Waals surface area contributed by atoms with Gasteiger partial charge in [-0.25, -0.2) is 0 Å². The maximum absolute atomic E-state index is 13.3. The van der Waals surface area contributed by atoms with Crippen LogP contribution in [0.2, 0.25) is 0 Å². The van der Waals surface area contributed by atoms with E-state index < -0.39 is 0 Å². The second kappa shape index (κ2) is 6.93. The van der Waals surface area contributed by atoms with E-state index in [0.717, 1.165) is 16.0 Å². The molecule has 0 aromatic rings. The van der Waals surface area contributed by atoms with Crippen molar-refractivity contribution in [1.82, 2.24) is 0 Å². The minimum Gasteiger partial charge on any atom is -0.296 e. The minimum atomic E-state index is -0.361. The highest BCUT2D eigenvalue weighted by molar-refractivity contribution is 8.38. The Morgan fingerprint density at radius 2 is 2.12 bits per heavy atom. The zero-order chi connectivity index (χ0) is 17.5. The van der Waals surface area contributed by atoms with Gasteiger partial charge in [0.2, 0.25) is 0 Å². The van der Waals surface area contributed by atoms with Crippen LogP contribution in [0.3, 0.4) is 0 Å². The first-order chi connectivity index (χ1) is 11.4. The van der Waals surface area contributed by atoms with E-state index in [2.05, 4.69) is 19.8 Å². The molecule has 2 aliphatic carbocycles. The first-order valence-corrected chi connectivity index (χ1v) is 12.2. The molecule has 3 aliphatic rings. The van der Waals surface area contributed by atoms with Gasteiger partial charge in [-0.3, -0.25) is 9.79 Å². The van der Waals surface area contributed by atoms with Crippen LogP contribution in [-0.4, -0.2) is 39.7 Å². The largest absolute Gasteiger partial charge is 0.296 e. The summed E-state index contributed by atoms with van der Waals surface area (Å²) in [4.78, 5) is 18.0. The first kappa shape index (κ1) is 18.7. The van der Waals surface area contributed by atoms with Crippen LogP contribution >= 0.6 is 35.3 Å². The summed E-state index contributed by atoms with van der Waals surface area (Å²) in [6.45, 7) is 4.88. The Hall–Kier alpha value is -0.0500. The van der Waals surface area contributed by atoms with Gasteiger partial charge in [0, 0.05) is 12.2 Å². The number of hydrogen-bond acceptors (Lipinski definition) is 5. The predicted octanol–water partition coefficient (Wildman–Crippen LogP) is 4.59. The van der Waals surface area contributed by atoms with Crippen LogP contribution in [0.5, 0.6) is 0 Å². The second-order valence-electron chi connectivity index (χ2n) is 7.82. The monoisotopic (exact) mass is 381 g/mol. The molecule has 0 aromatic heterocycles. The van der Waals surface area contributed by atoms with Crippen LogP contribution in [0.25, 0.3) is 0 Å². The van der Waals surface area contributed by atoms with Gasteiger partial charge >= 0.3 is 0 Å². The fraction of sp³-hybridized carbons (Fsp3) is 0.789. The Labute approximate surface area is 159 Å². The number of carbonyl (C=O) groups excluding carboxylic acids is 1. The quantitative estimate of drug-likeness (QED) is 0.405. The summed E-state index contributed by atoms with van der Waals surface area (Å²) in [5, 5.41) is 0.0987. The third-order valence-electron chi connectivity index (χ3n) is 6.91. The number of hydrogen-bond donors (Lipinski definition) is 0. The van der Waals surface area contributed by atoms with Crippen molar-refractivity contribution in [2.75, 3.05) is 18.3 Å². The molecule has 0 N–H and O–H groups in total. The average Bonchev–Trinajstić information content (AvgIpc) is 3.15. The van der Waals surface area contributed by atoms with Crippen molar-refractivity contribution < 1.29 is 4.79 Å². The number of nitrogens with zero attached hydrogens (tertiary/aromatic N) is 1. The van der Waals surface area contributed by atoms with E-state index in [4.69, 9.17) is 11.4 Å². The lowest BCUT2D eigenvalue weighted by Gasteiger charge is -2.38. The van der Waals surface area contributed by atoms with Crippen molar-refractivity contribution in [3.63, 3.8) is 0 Å². The van der Waals surface area contributed by atoms with Crippen molar-refractivity contribution in [1.29, 1.82) is 0 Å². The van der Waals surface area contributed by atoms with E-state index >= 15 is 0 Å². The van der Waals surface area contributed by atoms with Gasteiger partial charge in [0.25, 0.3) is 0 Å². The molecule has 0 radical (unpaired) electrons. The van der Waals surface area contributed by atoms with E-state index in [-0.39, 0.29) is 17.1 Å². The molecule has 3 fully saturated rings. The number of ketones is 1. The summed E-state index contributed by atoms with van der Waals surface area (Å²) in [6, 6.07) is -0.361. The Morgan fingerprint density at radius 1 is 1.42 bits per heavy atom. The highest BCUT2D eigenvalue weighted by Crippen LogP contribution is 2.73. The number of fused-ring (bicyclic) bond motifs is 1. The molecule has 2 saturated carbocycles. The lowest BCUT2D eigenvalue weighted by molar-refractivity contribution is -0.121. The van der Waals surface area contributed by atoms with Crippen LogP contribution < -0.4 is 0 Å². The van der Waals surface area contributed by atoms with Gasteiger partial charge in [-0.05, 0) is 54.4 Å². The van der Waals surface area contributed by atoms with Crippen LogP contribution in [0.15, 0.2) is 4.99 Å². The summed E-state index contributed by atoms with van der Waals surface area (Å²) in [5.41, 5.74) is 0.753. The molecule has 1 heterocycles. The molecule has 24 heavy (non-hydrogen) atoms. The topological polar surface area (TPSA) is 29.4 Å². The molecule has 0 aromatic carbocycles. The average molecular weight is 382 g/mol. The Balaban J connectivity index is 1.83. The van der Waals surface area contributed by atoms with Crippen molar-refractivity contribution >= 4 is 45.4 Å². The Bertz CT molecular complexity index is 588. The third kappa shape index (κ3) is 2.68. The standard InChI is InChI=1S/C19H27NOS3/c1-6-7-14(20-17(22-4)23-5)15(21)16-13-10-12-8-9-19(13,11-24-16)18(12,2)3/h1,12-14,16H,7-11H2,2-5H3/t12-,13+,14+,16?,19-/m1/s1. The lowest BCUT2D eigenvalue weighted by atomic mass is 9.65. The SMILES string of the molecule is C#CC[C@H](N=C(SC)SC)C(=O)C1SC[C@]23CC[C@H](C[C@@H]12)C3(C)C. The molecule has 5 atom stereocenters. The minimum absolute atomic E-state index is 0.0987. The van der Waals surface area contributed by atoms with Crippen molar-refractivity contribution in [2.24, 2.45) is 27.7 Å². The molecular weight excluding hydrogens is 354 g/mol. The van der Waals surface area contributed by atoms with E-state index in [1.165, 1.54) is 19.3 Å². The molecule has 0 amide bonds. The number of terminal acetylenes is 1. The number of rotatable bonds is 4. The van der Waals surface area contributed by atoms with Crippen LogP contribution in [0, 0.1) is 35.0 Å². The van der Waals surface area contributed by atoms with Gasteiger partial charge in [0.1, 0.15) is 10.4 Å². The summed E-state index contributed by atoms with van der Waals surface area (Å²) in [7, 11) is 0. The van der Waals surface area contributed by atoms with Crippen LogP contribution in [0.4, 0.5) is 0 Å². The summed E-state index contributed by atoms with van der Waals surface area (Å²) in [5.74, 6) is 5.43. The van der Waals surface area contributed by atoms with Crippen LogP contribution in [0.1, 0.15) is 39.5 Å². The fourth-order valence-corrected chi connectivity index (χ4v) is 8.63. The van der Waals surface area contributed by atoms with Crippen molar-refractivity contribution in [2.45, 2.75) is 50.8 Å². The highest BCUT2D eigenvalue weighted by atomic mass is 32.2. The molecular formula is C19H27NOS3. The van der Waals surface area contributed by atoms with Crippen molar-refractivity contribution in [3.8, 4) is 12.3 Å². The predicted molar refractivity (Wildman–Crippen MR) is 110 cm³/mol. The van der Waals surface area contributed by atoms with Gasteiger partial charge in [0.05, 0.1) is 5.25 Å². The molecule has 2 bridgehead atoms. The van der Waals surface area contributed by atoms with E-state index in [0.29, 0.717) is 23.2 Å². The maximum Gasteiger partial charge on any atom is 0.171 e. The molecule has 1 saturated heterocycles. The summed E-state index contributed by atoms with van der Waals surface area (Å²) in [6.07, 6.45) is 13.8. The number of aliphatic imine (C=N–C) groups is 1. The number of carbonyl (C=O) groups is 1. The van der Waals surface area contributed by atoms with Gasteiger partial charge in [-0.2, -0.15) is 0 Å². The third-order valence-corrected chi connectivity index (χ3v) is 10.4. The number of Topliss-reactive ketones (excluding diaryl/α,β-unsaturated/α-hetero) is 1.